The summed E-state index contributed by atoms with van der Waals surface area (Å²) in [6.45, 7) is 19.9. The number of phenolic OH excluding ortho intramolecular Hbond substituents is 1. The number of phenols is 1. The molecule has 1 rings (SSSR count). The smallest absolute Gasteiger partial charge is 0.123 e. The monoisotopic (exact) mass is 328 g/mol. The molecule has 0 unspecified atom stereocenters. The molecule has 1 aromatic carbocycles. The molecule has 0 aliphatic carbocycles. The summed E-state index contributed by atoms with van der Waals surface area (Å²) >= 11 is 0. The van der Waals surface area contributed by atoms with Gasteiger partial charge >= 0.3 is 0 Å². The van der Waals surface area contributed by atoms with E-state index in [1.807, 2.05) is 12.1 Å². The molecule has 0 radical (unpaired) electrons. The third-order valence-corrected chi connectivity index (χ3v) is 4.67. The normalized spacial score (nSPS) is 14.0. The third-order valence-electron chi connectivity index (χ3n) is 4.67. The van der Waals surface area contributed by atoms with Gasteiger partial charge in [-0.3, -0.25) is 0 Å². The minimum atomic E-state index is -0.0327. The van der Waals surface area contributed by atoms with Crippen LogP contribution in [0.5, 0.6) is 5.75 Å². The molecule has 0 atom stereocenters. The van der Waals surface area contributed by atoms with Crippen LogP contribution in [0.1, 0.15) is 78.5 Å². The lowest BCUT2D eigenvalue weighted by atomic mass is 9.75. The number of aromatic hydroxyl groups is 1. The number of hydrogen-bond acceptors (Lipinski definition) is 1. The summed E-state index contributed by atoms with van der Waals surface area (Å²) in [6.07, 6.45) is 7.80. The van der Waals surface area contributed by atoms with Crippen molar-refractivity contribution in [1.82, 2.24) is 0 Å². The molecule has 0 spiro atoms. The van der Waals surface area contributed by atoms with Crippen LogP contribution in [-0.4, -0.2) is 5.11 Å². The van der Waals surface area contributed by atoms with Gasteiger partial charge in [0.15, 0.2) is 0 Å². The minimum Gasteiger partial charge on any atom is -0.507 e. The average molecular weight is 329 g/mol. The Morgan fingerprint density at radius 2 is 1.71 bits per heavy atom. The Morgan fingerprint density at radius 3 is 2.17 bits per heavy atom. The van der Waals surface area contributed by atoms with Crippen LogP contribution in [-0.2, 0) is 0 Å². The van der Waals surface area contributed by atoms with Crippen molar-refractivity contribution in [2.45, 2.75) is 68.7 Å². The molecule has 0 aliphatic rings. The molecular formula is C23H36O. The summed E-state index contributed by atoms with van der Waals surface area (Å²) in [5, 5.41) is 10.6. The van der Waals surface area contributed by atoms with Gasteiger partial charge in [0.1, 0.15) is 5.75 Å². The van der Waals surface area contributed by atoms with Crippen molar-refractivity contribution in [2.24, 2.45) is 16.7 Å². The molecule has 0 saturated heterocycles. The first-order valence-corrected chi connectivity index (χ1v) is 9.13. The van der Waals surface area contributed by atoms with Crippen LogP contribution < -0.4 is 0 Å². The van der Waals surface area contributed by atoms with Crippen molar-refractivity contribution >= 4 is 11.6 Å². The second kappa shape index (κ2) is 7.59. The van der Waals surface area contributed by atoms with Gasteiger partial charge in [-0.2, -0.15) is 0 Å². The van der Waals surface area contributed by atoms with Crippen LogP contribution in [0.2, 0.25) is 0 Å². The lowest BCUT2D eigenvalue weighted by Gasteiger charge is -2.30. The van der Waals surface area contributed by atoms with E-state index in [0.717, 1.165) is 17.5 Å². The maximum Gasteiger partial charge on any atom is 0.123 e. The average Bonchev–Trinajstić information content (AvgIpc) is 2.44. The molecule has 0 saturated carbocycles. The number of allylic oxidation sites excluding steroid dienone is 3. The second-order valence-corrected chi connectivity index (χ2v) is 8.93. The molecule has 0 fully saturated rings. The van der Waals surface area contributed by atoms with Gasteiger partial charge in [-0.05, 0) is 52.9 Å². The molecule has 1 aromatic rings. The van der Waals surface area contributed by atoms with Gasteiger partial charge < -0.3 is 5.11 Å². The van der Waals surface area contributed by atoms with E-state index in [-0.39, 0.29) is 10.8 Å². The SMILES string of the molecule is CCC(C)(C)/C=C(/c1c(O)ccc(/C=C\C(C)C)c1C)C(C)(C)C. The lowest BCUT2D eigenvalue weighted by Crippen LogP contribution is -2.15. The highest BCUT2D eigenvalue weighted by Gasteiger charge is 2.26. The molecule has 0 aromatic heterocycles. The van der Waals surface area contributed by atoms with Crippen LogP contribution in [0, 0.1) is 23.7 Å². The Morgan fingerprint density at radius 1 is 1.12 bits per heavy atom. The van der Waals surface area contributed by atoms with Gasteiger partial charge in [0.25, 0.3) is 0 Å². The predicted octanol–water partition coefficient (Wildman–Crippen LogP) is 7.24. The van der Waals surface area contributed by atoms with E-state index in [1.165, 1.54) is 11.1 Å². The highest BCUT2D eigenvalue weighted by molar-refractivity contribution is 5.79. The van der Waals surface area contributed by atoms with E-state index in [9.17, 15) is 5.11 Å². The van der Waals surface area contributed by atoms with Crippen LogP contribution >= 0.6 is 0 Å². The topological polar surface area (TPSA) is 20.2 Å². The fourth-order valence-corrected chi connectivity index (χ4v) is 2.69. The number of rotatable bonds is 5. The van der Waals surface area contributed by atoms with E-state index in [2.05, 4.69) is 80.5 Å². The van der Waals surface area contributed by atoms with E-state index in [1.54, 1.807) is 0 Å². The van der Waals surface area contributed by atoms with Gasteiger partial charge in [-0.15, -0.1) is 0 Å². The molecule has 0 bridgehead atoms. The molecule has 1 heteroatoms. The van der Waals surface area contributed by atoms with Crippen molar-refractivity contribution in [3.8, 4) is 5.75 Å². The first kappa shape index (κ1) is 20.5. The highest BCUT2D eigenvalue weighted by Crippen LogP contribution is 2.43. The van der Waals surface area contributed by atoms with Crippen LogP contribution in [0.3, 0.4) is 0 Å². The number of benzene rings is 1. The van der Waals surface area contributed by atoms with E-state index in [0.29, 0.717) is 11.7 Å². The van der Waals surface area contributed by atoms with E-state index < -0.39 is 0 Å². The Labute approximate surface area is 149 Å². The van der Waals surface area contributed by atoms with Gasteiger partial charge in [-0.25, -0.2) is 0 Å². The fraction of sp³-hybridized carbons (Fsp3) is 0.565. The largest absolute Gasteiger partial charge is 0.507 e. The number of hydrogen-bond donors (Lipinski definition) is 1. The van der Waals surface area contributed by atoms with Crippen molar-refractivity contribution in [3.63, 3.8) is 0 Å². The quantitative estimate of drug-likeness (QED) is 0.604. The third kappa shape index (κ3) is 5.26. The molecule has 1 N–H and O–H groups in total. The molecule has 1 nitrogen and oxygen atoms in total. The molecule has 24 heavy (non-hydrogen) atoms. The summed E-state index contributed by atoms with van der Waals surface area (Å²) in [6, 6.07) is 3.85. The summed E-state index contributed by atoms with van der Waals surface area (Å²) in [7, 11) is 0. The zero-order valence-corrected chi connectivity index (χ0v) is 17.1. The van der Waals surface area contributed by atoms with Crippen LogP contribution in [0.25, 0.3) is 11.6 Å². The molecule has 0 aliphatic heterocycles. The second-order valence-electron chi connectivity index (χ2n) is 8.93. The Bertz CT molecular complexity index is 622. The van der Waals surface area contributed by atoms with Crippen molar-refractivity contribution in [1.29, 1.82) is 0 Å². The molecule has 0 amide bonds. The lowest BCUT2D eigenvalue weighted by molar-refractivity contribution is 0.449. The van der Waals surface area contributed by atoms with Crippen LogP contribution in [0.4, 0.5) is 0 Å². The van der Waals surface area contributed by atoms with E-state index >= 15 is 0 Å². The minimum absolute atomic E-state index is 0.0327. The summed E-state index contributed by atoms with van der Waals surface area (Å²) in [4.78, 5) is 0. The van der Waals surface area contributed by atoms with Gasteiger partial charge in [-0.1, -0.05) is 79.7 Å². The van der Waals surface area contributed by atoms with Gasteiger partial charge in [0.05, 0.1) is 0 Å². The molecule has 134 valence electrons. The van der Waals surface area contributed by atoms with Crippen LogP contribution in [0.15, 0.2) is 24.3 Å². The van der Waals surface area contributed by atoms with Gasteiger partial charge in [0.2, 0.25) is 0 Å². The zero-order chi connectivity index (χ0) is 18.7. The van der Waals surface area contributed by atoms with Gasteiger partial charge in [0, 0.05) is 5.56 Å². The van der Waals surface area contributed by atoms with Crippen molar-refractivity contribution in [3.05, 3.63) is 41.0 Å². The summed E-state index contributed by atoms with van der Waals surface area (Å²) in [5.74, 6) is 0.889. The summed E-state index contributed by atoms with van der Waals surface area (Å²) < 4.78 is 0. The highest BCUT2D eigenvalue weighted by atomic mass is 16.3. The van der Waals surface area contributed by atoms with Crippen molar-refractivity contribution in [2.75, 3.05) is 0 Å². The summed E-state index contributed by atoms with van der Waals surface area (Å²) in [5.41, 5.74) is 4.63. The Kier molecular flexibility index (Phi) is 6.50. The Hall–Kier alpha value is -1.50. The standard InChI is InChI=1S/C23H36O/c1-10-23(8,9)15-19(22(5,6)7)21-17(4)18(12-11-16(2)3)13-14-20(21)24/h11-16,24H,10H2,1-9H3/b12-11-,19-15-. The fourth-order valence-electron chi connectivity index (χ4n) is 2.69. The van der Waals surface area contributed by atoms with Crippen molar-refractivity contribution < 1.29 is 5.11 Å². The van der Waals surface area contributed by atoms with E-state index in [4.69, 9.17) is 0 Å². The zero-order valence-electron chi connectivity index (χ0n) is 17.1. The first-order chi connectivity index (χ1) is 10.9. The predicted molar refractivity (Wildman–Crippen MR) is 108 cm³/mol. The Balaban J connectivity index is 3.63. The maximum absolute atomic E-state index is 10.6. The first-order valence-electron chi connectivity index (χ1n) is 9.13. The molecule has 0 heterocycles. The maximum atomic E-state index is 10.6. The molecular weight excluding hydrogens is 292 g/mol.